The number of rotatable bonds is 3. The van der Waals surface area contributed by atoms with Crippen LogP contribution in [0.4, 0.5) is 5.69 Å². The number of carbonyl (C=O) groups is 1. The number of nitrogens with one attached hydrogen (secondary N) is 1. The molecule has 1 aromatic heterocycles. The zero-order valence-electron chi connectivity index (χ0n) is 10.4. The van der Waals surface area contributed by atoms with Gasteiger partial charge in [-0.25, -0.2) is 0 Å². The van der Waals surface area contributed by atoms with E-state index in [0.29, 0.717) is 24.4 Å². The van der Waals surface area contributed by atoms with Crippen molar-refractivity contribution in [2.24, 2.45) is 0 Å². The molecule has 1 saturated heterocycles. The fourth-order valence-electron chi connectivity index (χ4n) is 1.89. The van der Waals surface area contributed by atoms with Gasteiger partial charge in [0.1, 0.15) is 0 Å². The molecule has 2 rings (SSSR count). The lowest BCUT2D eigenvalue weighted by Crippen LogP contribution is -2.46. The van der Waals surface area contributed by atoms with Gasteiger partial charge < -0.3 is 20.7 Å². The van der Waals surface area contributed by atoms with Gasteiger partial charge in [0.2, 0.25) is 0 Å². The Labute approximate surface area is 106 Å². The third-order valence-electron chi connectivity index (χ3n) is 2.93. The average molecular weight is 250 g/mol. The van der Waals surface area contributed by atoms with Gasteiger partial charge in [0, 0.05) is 37.7 Å². The lowest BCUT2D eigenvalue weighted by Gasteiger charge is -2.30. The van der Waals surface area contributed by atoms with Gasteiger partial charge >= 0.3 is 0 Å². The maximum absolute atomic E-state index is 11.9. The third-order valence-corrected chi connectivity index (χ3v) is 2.93. The van der Waals surface area contributed by atoms with Crippen molar-refractivity contribution in [3.63, 3.8) is 0 Å². The van der Waals surface area contributed by atoms with Gasteiger partial charge in [0.05, 0.1) is 18.3 Å². The summed E-state index contributed by atoms with van der Waals surface area (Å²) in [5, 5.41) is 2.82. The lowest BCUT2D eigenvalue weighted by molar-refractivity contribution is -0.0175. The highest BCUT2D eigenvalue weighted by molar-refractivity contribution is 5.98. The Bertz CT molecular complexity index is 424. The summed E-state index contributed by atoms with van der Waals surface area (Å²) in [5.41, 5.74) is 6.55. The number of nitrogens with two attached hydrogens (primary N) is 1. The van der Waals surface area contributed by atoms with E-state index in [1.165, 1.54) is 6.20 Å². The molecule has 0 saturated carbocycles. The number of likely N-dealkylation sites (N-methyl/N-ethyl adjacent to an activating group) is 1. The van der Waals surface area contributed by atoms with Crippen molar-refractivity contribution in [2.75, 3.05) is 39.0 Å². The first-order valence-corrected chi connectivity index (χ1v) is 5.94. The number of nitrogens with zero attached hydrogens (tertiary/aromatic N) is 2. The van der Waals surface area contributed by atoms with Gasteiger partial charge in [-0.15, -0.1) is 0 Å². The van der Waals surface area contributed by atoms with Crippen LogP contribution in [-0.2, 0) is 4.74 Å². The van der Waals surface area contributed by atoms with Gasteiger partial charge in [0.15, 0.2) is 0 Å². The second kappa shape index (κ2) is 5.79. The Balaban J connectivity index is 1.87. The van der Waals surface area contributed by atoms with E-state index >= 15 is 0 Å². The molecule has 1 fully saturated rings. The van der Waals surface area contributed by atoms with E-state index in [9.17, 15) is 4.79 Å². The molecule has 1 aliphatic heterocycles. The van der Waals surface area contributed by atoms with Crippen molar-refractivity contribution in [1.29, 1.82) is 0 Å². The van der Waals surface area contributed by atoms with Gasteiger partial charge in [-0.05, 0) is 13.1 Å². The number of amides is 1. The van der Waals surface area contributed by atoms with E-state index in [2.05, 4.69) is 15.2 Å². The Morgan fingerprint density at radius 2 is 2.56 bits per heavy atom. The van der Waals surface area contributed by atoms with Crippen LogP contribution in [0.2, 0.25) is 0 Å². The highest BCUT2D eigenvalue weighted by Gasteiger charge is 2.19. The molecule has 1 aliphatic rings. The molecule has 0 aromatic carbocycles. The number of anilines is 1. The molecule has 2 heterocycles. The van der Waals surface area contributed by atoms with E-state index in [0.717, 1.165) is 13.1 Å². The minimum absolute atomic E-state index is 0.0330. The maximum Gasteiger partial charge on any atom is 0.255 e. The zero-order valence-corrected chi connectivity index (χ0v) is 10.4. The van der Waals surface area contributed by atoms with Crippen molar-refractivity contribution in [2.45, 2.75) is 6.10 Å². The Morgan fingerprint density at radius 3 is 3.28 bits per heavy atom. The summed E-state index contributed by atoms with van der Waals surface area (Å²) >= 11 is 0. The molecule has 6 nitrogen and oxygen atoms in total. The van der Waals surface area contributed by atoms with Crippen molar-refractivity contribution in [1.82, 2.24) is 15.2 Å². The van der Waals surface area contributed by atoms with E-state index in [4.69, 9.17) is 10.5 Å². The highest BCUT2D eigenvalue weighted by atomic mass is 16.5. The van der Waals surface area contributed by atoms with Crippen molar-refractivity contribution in [3.8, 4) is 0 Å². The van der Waals surface area contributed by atoms with Crippen LogP contribution >= 0.6 is 0 Å². The van der Waals surface area contributed by atoms with Crippen LogP contribution in [-0.4, -0.2) is 55.2 Å². The summed E-state index contributed by atoms with van der Waals surface area (Å²) in [7, 11) is 2.04. The fraction of sp³-hybridized carbons (Fsp3) is 0.500. The molecule has 0 spiro atoms. The van der Waals surface area contributed by atoms with Crippen LogP contribution in [0.25, 0.3) is 0 Å². The monoisotopic (exact) mass is 250 g/mol. The SMILES string of the molecule is CN1CCOC(CNC(=O)c2cnccc2N)C1. The minimum atomic E-state index is -0.211. The summed E-state index contributed by atoms with van der Waals surface area (Å²) in [6.07, 6.45) is 3.06. The van der Waals surface area contributed by atoms with E-state index in [-0.39, 0.29) is 12.0 Å². The number of hydrogen-bond acceptors (Lipinski definition) is 5. The van der Waals surface area contributed by atoms with E-state index < -0.39 is 0 Å². The number of hydrogen-bond donors (Lipinski definition) is 2. The topological polar surface area (TPSA) is 80.5 Å². The third kappa shape index (κ3) is 3.18. The number of morpholine rings is 1. The van der Waals surface area contributed by atoms with Crippen molar-refractivity contribution in [3.05, 3.63) is 24.0 Å². The maximum atomic E-state index is 11.9. The first kappa shape index (κ1) is 12.8. The van der Waals surface area contributed by atoms with Crippen LogP contribution in [0.1, 0.15) is 10.4 Å². The van der Waals surface area contributed by atoms with Crippen LogP contribution in [0.3, 0.4) is 0 Å². The van der Waals surface area contributed by atoms with E-state index in [1.807, 2.05) is 7.05 Å². The van der Waals surface area contributed by atoms with Crippen LogP contribution in [0.5, 0.6) is 0 Å². The number of ether oxygens (including phenoxy) is 1. The van der Waals surface area contributed by atoms with Gasteiger partial charge in [-0.2, -0.15) is 0 Å². The normalized spacial score (nSPS) is 20.6. The molecular formula is C12H18N4O2. The summed E-state index contributed by atoms with van der Waals surface area (Å²) < 4.78 is 5.56. The number of pyridine rings is 1. The standard InChI is InChI=1S/C12H18N4O2/c1-16-4-5-18-9(8-16)6-15-12(17)10-7-14-3-2-11(10)13/h2-3,7,9H,4-6,8H2,1H3,(H2,13,14)(H,15,17). The molecule has 98 valence electrons. The van der Waals surface area contributed by atoms with Gasteiger partial charge in [0.25, 0.3) is 5.91 Å². The Kier molecular flexibility index (Phi) is 4.11. The second-order valence-electron chi connectivity index (χ2n) is 4.43. The summed E-state index contributed by atoms with van der Waals surface area (Å²) in [4.78, 5) is 18.0. The summed E-state index contributed by atoms with van der Waals surface area (Å²) in [6, 6.07) is 1.61. The second-order valence-corrected chi connectivity index (χ2v) is 4.43. The Hall–Kier alpha value is -1.66. The van der Waals surface area contributed by atoms with Crippen LogP contribution in [0, 0.1) is 0 Å². The first-order valence-electron chi connectivity index (χ1n) is 5.94. The molecule has 3 N–H and O–H groups in total. The Morgan fingerprint density at radius 1 is 1.72 bits per heavy atom. The molecule has 18 heavy (non-hydrogen) atoms. The molecule has 0 aliphatic carbocycles. The zero-order chi connectivity index (χ0) is 13.0. The van der Waals surface area contributed by atoms with E-state index in [1.54, 1.807) is 12.3 Å². The molecule has 0 radical (unpaired) electrons. The average Bonchev–Trinajstić information content (AvgIpc) is 2.37. The predicted octanol–water partition coefficient (Wildman–Crippen LogP) is -0.276. The van der Waals surface area contributed by atoms with Gasteiger partial charge in [-0.3, -0.25) is 9.78 Å². The first-order chi connectivity index (χ1) is 8.66. The smallest absolute Gasteiger partial charge is 0.255 e. The molecule has 1 atom stereocenters. The predicted molar refractivity (Wildman–Crippen MR) is 68.2 cm³/mol. The van der Waals surface area contributed by atoms with Crippen LogP contribution < -0.4 is 11.1 Å². The molecule has 6 heteroatoms. The lowest BCUT2D eigenvalue weighted by atomic mass is 10.2. The van der Waals surface area contributed by atoms with Gasteiger partial charge in [-0.1, -0.05) is 0 Å². The summed E-state index contributed by atoms with van der Waals surface area (Å²) in [5.74, 6) is -0.211. The number of nitrogen functional groups attached to an aromatic ring is 1. The number of carbonyl (C=O) groups excluding carboxylic acids is 1. The summed E-state index contributed by atoms with van der Waals surface area (Å²) in [6.45, 7) is 2.94. The van der Waals surface area contributed by atoms with Crippen molar-refractivity contribution < 1.29 is 9.53 Å². The largest absolute Gasteiger partial charge is 0.398 e. The molecule has 1 unspecified atom stereocenters. The molecule has 0 bridgehead atoms. The fourth-order valence-corrected chi connectivity index (χ4v) is 1.89. The highest BCUT2D eigenvalue weighted by Crippen LogP contribution is 2.08. The molecular weight excluding hydrogens is 232 g/mol. The minimum Gasteiger partial charge on any atom is -0.398 e. The van der Waals surface area contributed by atoms with Crippen LogP contribution in [0.15, 0.2) is 18.5 Å². The van der Waals surface area contributed by atoms with Crippen molar-refractivity contribution >= 4 is 11.6 Å². The number of aromatic nitrogens is 1. The quantitative estimate of drug-likeness (QED) is 0.771. The molecule has 1 aromatic rings. The molecule has 1 amide bonds.